The molecule has 0 atom stereocenters. The Morgan fingerprint density at radius 2 is 2.12 bits per heavy atom. The fourth-order valence-electron chi connectivity index (χ4n) is 2.66. The predicted molar refractivity (Wildman–Crippen MR) is 93.9 cm³/mol. The maximum atomic E-state index is 12.1. The molecule has 1 aliphatic rings. The fourth-order valence-corrected chi connectivity index (χ4v) is 2.66. The maximum Gasteiger partial charge on any atom is 0.293 e. The molecule has 132 valence electrons. The number of hydrogen-bond donors (Lipinski definition) is 2. The zero-order valence-electron chi connectivity index (χ0n) is 13.8. The molecule has 9 nitrogen and oxygen atoms in total. The third kappa shape index (κ3) is 3.18. The van der Waals surface area contributed by atoms with Gasteiger partial charge in [-0.25, -0.2) is 0 Å². The van der Waals surface area contributed by atoms with Crippen LogP contribution in [0.25, 0.3) is 5.65 Å². The van der Waals surface area contributed by atoms with E-state index in [1.807, 2.05) is 24.4 Å². The van der Waals surface area contributed by atoms with Gasteiger partial charge in [0.25, 0.3) is 11.6 Å². The molecule has 0 saturated heterocycles. The predicted octanol–water partition coefficient (Wildman–Crippen LogP) is 2.14. The molecule has 2 heterocycles. The summed E-state index contributed by atoms with van der Waals surface area (Å²) in [5.74, 6) is 0.344. The van der Waals surface area contributed by atoms with Crippen molar-refractivity contribution in [3.63, 3.8) is 0 Å². The minimum atomic E-state index is -0.502. The number of rotatable bonds is 6. The van der Waals surface area contributed by atoms with Gasteiger partial charge in [0.2, 0.25) is 0 Å². The van der Waals surface area contributed by atoms with E-state index in [4.69, 9.17) is 0 Å². The average Bonchev–Trinajstić information content (AvgIpc) is 3.37. The van der Waals surface area contributed by atoms with E-state index in [-0.39, 0.29) is 29.7 Å². The Hall–Kier alpha value is -3.49. The number of pyridine rings is 1. The molecule has 2 aromatic heterocycles. The number of carbonyl (C=O) groups excluding carboxylic acids is 1. The van der Waals surface area contributed by atoms with E-state index in [2.05, 4.69) is 20.8 Å². The molecule has 0 radical (unpaired) electrons. The van der Waals surface area contributed by atoms with E-state index in [0.29, 0.717) is 17.2 Å². The SMILES string of the molecule is O=C(NC1CC1)c1ccc(NCc2nnc3ccccn23)c([N+](=O)[O-])c1. The second-order valence-corrected chi connectivity index (χ2v) is 6.14. The molecule has 1 saturated carbocycles. The number of aromatic nitrogens is 3. The van der Waals surface area contributed by atoms with Crippen LogP contribution in [-0.2, 0) is 6.54 Å². The molecular weight excluding hydrogens is 336 g/mol. The lowest BCUT2D eigenvalue weighted by molar-refractivity contribution is -0.384. The summed E-state index contributed by atoms with van der Waals surface area (Å²) in [7, 11) is 0. The monoisotopic (exact) mass is 352 g/mol. The number of carbonyl (C=O) groups is 1. The van der Waals surface area contributed by atoms with Crippen LogP contribution in [0, 0.1) is 10.1 Å². The Kier molecular flexibility index (Phi) is 3.96. The maximum absolute atomic E-state index is 12.1. The molecule has 3 aromatic rings. The van der Waals surface area contributed by atoms with E-state index >= 15 is 0 Å². The summed E-state index contributed by atoms with van der Waals surface area (Å²) in [6, 6.07) is 10.2. The molecule has 0 aliphatic heterocycles. The summed E-state index contributed by atoms with van der Waals surface area (Å²) in [5, 5.41) is 25.4. The highest BCUT2D eigenvalue weighted by Crippen LogP contribution is 2.27. The van der Waals surface area contributed by atoms with Crippen molar-refractivity contribution in [1.29, 1.82) is 0 Å². The normalized spacial score (nSPS) is 13.5. The zero-order chi connectivity index (χ0) is 18.1. The Morgan fingerprint density at radius 1 is 1.27 bits per heavy atom. The molecule has 1 fully saturated rings. The van der Waals surface area contributed by atoms with Crippen molar-refractivity contribution in [3.8, 4) is 0 Å². The number of fused-ring (bicyclic) bond motifs is 1. The largest absolute Gasteiger partial charge is 0.372 e. The Labute approximate surface area is 148 Å². The van der Waals surface area contributed by atoms with Crippen LogP contribution < -0.4 is 10.6 Å². The lowest BCUT2D eigenvalue weighted by atomic mass is 10.1. The number of nitro groups is 1. The fraction of sp³-hybridized carbons (Fsp3) is 0.235. The standard InChI is InChI=1S/C17H16N6O3/c24-17(19-12-5-6-12)11-4-7-13(14(9-11)23(25)26)18-10-16-21-20-15-3-1-2-8-22(15)16/h1-4,7-9,12,18H,5-6,10H2,(H,19,24). The molecule has 0 bridgehead atoms. The summed E-state index contributed by atoms with van der Waals surface area (Å²) in [6.45, 7) is 0.264. The van der Waals surface area contributed by atoms with Gasteiger partial charge in [-0.1, -0.05) is 6.07 Å². The first kappa shape index (κ1) is 16.0. The van der Waals surface area contributed by atoms with E-state index < -0.39 is 4.92 Å². The summed E-state index contributed by atoms with van der Waals surface area (Å²) >= 11 is 0. The van der Waals surface area contributed by atoms with Gasteiger partial charge in [-0.05, 0) is 37.1 Å². The third-order valence-corrected chi connectivity index (χ3v) is 4.19. The summed E-state index contributed by atoms with van der Waals surface area (Å²) < 4.78 is 1.80. The van der Waals surface area contributed by atoms with Crippen molar-refractivity contribution in [2.75, 3.05) is 5.32 Å². The van der Waals surface area contributed by atoms with Crippen LogP contribution in [0.15, 0.2) is 42.6 Å². The molecular formula is C17H16N6O3. The molecule has 0 spiro atoms. The topological polar surface area (TPSA) is 114 Å². The molecule has 1 aliphatic carbocycles. The van der Waals surface area contributed by atoms with Crippen LogP contribution in [0.4, 0.5) is 11.4 Å². The Bertz CT molecular complexity index is 995. The quantitative estimate of drug-likeness (QED) is 0.519. The van der Waals surface area contributed by atoms with Gasteiger partial charge in [0.1, 0.15) is 5.69 Å². The van der Waals surface area contributed by atoms with Crippen molar-refractivity contribution < 1.29 is 9.72 Å². The van der Waals surface area contributed by atoms with Gasteiger partial charge >= 0.3 is 0 Å². The number of hydrogen-bond acceptors (Lipinski definition) is 6. The molecule has 26 heavy (non-hydrogen) atoms. The minimum absolute atomic E-state index is 0.151. The minimum Gasteiger partial charge on any atom is -0.372 e. The first-order valence-corrected chi connectivity index (χ1v) is 8.23. The summed E-state index contributed by atoms with van der Waals surface area (Å²) in [6.07, 6.45) is 3.74. The first-order valence-electron chi connectivity index (χ1n) is 8.23. The number of benzene rings is 1. The average molecular weight is 352 g/mol. The summed E-state index contributed by atoms with van der Waals surface area (Å²) in [4.78, 5) is 23.0. The highest BCUT2D eigenvalue weighted by Gasteiger charge is 2.25. The molecule has 2 N–H and O–H groups in total. The van der Waals surface area contributed by atoms with E-state index in [1.165, 1.54) is 6.07 Å². The highest BCUT2D eigenvalue weighted by molar-refractivity contribution is 5.96. The van der Waals surface area contributed by atoms with Gasteiger partial charge in [0.05, 0.1) is 11.5 Å². The Balaban J connectivity index is 1.55. The number of nitrogens with zero attached hydrogens (tertiary/aromatic N) is 4. The van der Waals surface area contributed by atoms with Crippen molar-refractivity contribution >= 4 is 22.9 Å². The van der Waals surface area contributed by atoms with Gasteiger partial charge in [-0.2, -0.15) is 0 Å². The first-order chi connectivity index (χ1) is 12.6. The van der Waals surface area contributed by atoms with Crippen LogP contribution in [0.2, 0.25) is 0 Å². The molecule has 1 amide bonds. The van der Waals surface area contributed by atoms with Gasteiger partial charge in [0, 0.05) is 23.9 Å². The van der Waals surface area contributed by atoms with Crippen LogP contribution in [-0.4, -0.2) is 31.5 Å². The van der Waals surface area contributed by atoms with Crippen molar-refractivity contribution in [1.82, 2.24) is 19.9 Å². The van der Waals surface area contributed by atoms with Gasteiger partial charge in [-0.3, -0.25) is 19.3 Å². The van der Waals surface area contributed by atoms with Gasteiger partial charge in [-0.15, -0.1) is 10.2 Å². The van der Waals surface area contributed by atoms with Gasteiger partial charge in [0.15, 0.2) is 11.5 Å². The number of nitrogens with one attached hydrogen (secondary N) is 2. The van der Waals surface area contributed by atoms with Crippen molar-refractivity contribution in [2.24, 2.45) is 0 Å². The van der Waals surface area contributed by atoms with Crippen LogP contribution >= 0.6 is 0 Å². The van der Waals surface area contributed by atoms with E-state index in [9.17, 15) is 14.9 Å². The van der Waals surface area contributed by atoms with Crippen molar-refractivity contribution in [3.05, 3.63) is 64.1 Å². The molecule has 4 rings (SSSR count). The molecule has 1 aromatic carbocycles. The van der Waals surface area contributed by atoms with Crippen LogP contribution in [0.5, 0.6) is 0 Å². The van der Waals surface area contributed by atoms with Crippen LogP contribution in [0.3, 0.4) is 0 Å². The lowest BCUT2D eigenvalue weighted by Gasteiger charge is -2.08. The number of amides is 1. The smallest absolute Gasteiger partial charge is 0.293 e. The van der Waals surface area contributed by atoms with E-state index in [0.717, 1.165) is 12.8 Å². The second-order valence-electron chi connectivity index (χ2n) is 6.14. The van der Waals surface area contributed by atoms with E-state index in [1.54, 1.807) is 16.5 Å². The number of anilines is 1. The molecule has 9 heteroatoms. The van der Waals surface area contributed by atoms with Crippen molar-refractivity contribution in [2.45, 2.75) is 25.4 Å². The third-order valence-electron chi connectivity index (χ3n) is 4.19. The second kappa shape index (κ2) is 6.43. The summed E-state index contributed by atoms with van der Waals surface area (Å²) in [5.41, 5.74) is 1.15. The van der Waals surface area contributed by atoms with Gasteiger partial charge < -0.3 is 10.6 Å². The van der Waals surface area contributed by atoms with Crippen LogP contribution in [0.1, 0.15) is 29.0 Å². The zero-order valence-corrected chi connectivity index (χ0v) is 13.8. The highest BCUT2D eigenvalue weighted by atomic mass is 16.6. The number of nitro benzene ring substituents is 1. The Morgan fingerprint density at radius 3 is 2.88 bits per heavy atom. The lowest BCUT2D eigenvalue weighted by Crippen LogP contribution is -2.25. The molecule has 0 unspecified atom stereocenters.